The number of ether oxygens (including phenoxy) is 4. The van der Waals surface area contributed by atoms with Crippen LogP contribution in [0.1, 0.15) is 104 Å². The van der Waals surface area contributed by atoms with Crippen LogP contribution >= 0.6 is 0 Å². The molecule has 5 rings (SSSR count). The molecule has 0 aliphatic heterocycles. The molecule has 5 aromatic rings. The van der Waals surface area contributed by atoms with Crippen LogP contribution in [0.25, 0.3) is 11.3 Å². The Bertz CT molecular complexity index is 2630. The molecule has 3 atom stereocenters. The Kier molecular flexibility index (Phi) is 22.7. The SMILES string of the molecule is CCCCC[C@@H](C(=O)NCNC(=O)c1ccc(-c2ccc(C(=O)N[C@@H](CC(=O)OCc3ccccc3)C(=O)OCc3ccccc3)c(OCC(=O)OCc3ccccc3)c2)o1)[C@@H](CC)N(C=O)OC(=O)NC(C)C. The molecule has 74 heavy (non-hydrogen) atoms. The maximum atomic E-state index is 14.1. The lowest BCUT2D eigenvalue weighted by molar-refractivity contribution is -0.169. The molecule has 0 aliphatic carbocycles. The van der Waals surface area contributed by atoms with Crippen LogP contribution < -0.4 is 26.0 Å². The summed E-state index contributed by atoms with van der Waals surface area (Å²) in [4.78, 5) is 110. The predicted molar refractivity (Wildman–Crippen MR) is 269 cm³/mol. The van der Waals surface area contributed by atoms with Gasteiger partial charge in [-0.05, 0) is 67.6 Å². The van der Waals surface area contributed by atoms with Crippen LogP contribution in [-0.2, 0) is 62.8 Å². The van der Waals surface area contributed by atoms with Gasteiger partial charge in [0.25, 0.3) is 11.8 Å². The molecule has 0 saturated carbocycles. The van der Waals surface area contributed by atoms with Gasteiger partial charge in [0.05, 0.1) is 30.6 Å². The Morgan fingerprint density at radius 2 is 1.28 bits per heavy atom. The second-order valence-electron chi connectivity index (χ2n) is 17.2. The monoisotopic (exact) mass is 1020 g/mol. The minimum atomic E-state index is -1.52. The second kappa shape index (κ2) is 29.8. The predicted octanol–water partition coefficient (Wildman–Crippen LogP) is 7.33. The zero-order chi connectivity index (χ0) is 53.2. The van der Waals surface area contributed by atoms with E-state index in [2.05, 4.69) is 21.3 Å². The number of benzene rings is 4. The number of carbonyl (C=O) groups excluding carboxylic acids is 8. The van der Waals surface area contributed by atoms with Gasteiger partial charge in [-0.2, -0.15) is 5.06 Å². The number of hydrogen-bond acceptors (Lipinski definition) is 14. The molecule has 4 aromatic carbocycles. The quantitative estimate of drug-likeness (QED) is 0.00915. The molecule has 0 bridgehead atoms. The van der Waals surface area contributed by atoms with Crippen LogP contribution in [0.5, 0.6) is 5.75 Å². The van der Waals surface area contributed by atoms with Crippen molar-refractivity contribution in [3.63, 3.8) is 0 Å². The van der Waals surface area contributed by atoms with Crippen LogP contribution in [0.2, 0.25) is 0 Å². The van der Waals surface area contributed by atoms with Crippen molar-refractivity contribution in [3.05, 3.63) is 149 Å². The number of rotatable bonds is 29. The lowest BCUT2D eigenvalue weighted by Crippen LogP contribution is -2.50. The molecule has 19 nitrogen and oxygen atoms in total. The summed E-state index contributed by atoms with van der Waals surface area (Å²) in [7, 11) is 0. The average molecular weight is 1020 g/mol. The van der Waals surface area contributed by atoms with Gasteiger partial charge in [-0.1, -0.05) is 130 Å². The number of carbonyl (C=O) groups is 8. The third-order valence-corrected chi connectivity index (χ3v) is 11.2. The molecule has 1 aromatic heterocycles. The fourth-order valence-electron chi connectivity index (χ4n) is 7.45. The highest BCUT2D eigenvalue weighted by Gasteiger charge is 2.34. The first-order chi connectivity index (χ1) is 35.8. The molecule has 19 heteroatoms. The fraction of sp³-hybridized carbons (Fsp3) is 0.345. The Balaban J connectivity index is 1.32. The van der Waals surface area contributed by atoms with Crippen LogP contribution in [0.3, 0.4) is 0 Å². The molecule has 0 unspecified atom stereocenters. The van der Waals surface area contributed by atoms with Gasteiger partial charge in [-0.3, -0.25) is 24.0 Å². The molecule has 1 heterocycles. The number of hydrogen-bond donors (Lipinski definition) is 4. The van der Waals surface area contributed by atoms with Gasteiger partial charge < -0.3 is 49.5 Å². The number of esters is 3. The van der Waals surface area contributed by atoms with E-state index in [9.17, 15) is 38.4 Å². The molecule has 0 radical (unpaired) electrons. The van der Waals surface area contributed by atoms with Gasteiger partial charge >= 0.3 is 24.0 Å². The first-order valence-corrected chi connectivity index (χ1v) is 24.3. The van der Waals surface area contributed by atoms with Gasteiger partial charge in [0.1, 0.15) is 37.4 Å². The first kappa shape index (κ1) is 56.4. The molecule has 0 saturated heterocycles. The van der Waals surface area contributed by atoms with Crippen molar-refractivity contribution in [2.45, 2.75) is 104 Å². The standard InChI is InChI=1S/C55H63N5O14/c1-5-7-11-24-42(45(6-2)60(36-61)74-55(68)58-37(3)4)51(64)56-35-57-53(66)47-28-27-46(73-47)41-25-26-43(48(29-41)69-34-50(63)71-32-39-20-14-9-15-21-39)52(65)59-44(54(67)72-33-40-22-16-10-17-23-40)30-49(62)70-31-38-18-12-8-13-19-38/h8-10,12-23,25-29,36-37,42,44-45H,5-7,11,24,30-35H2,1-4H3,(H,56,64)(H,57,66)(H,58,68)(H,59,65)/t42-,44+,45-/m1/s1. The van der Waals surface area contributed by atoms with E-state index in [1.165, 1.54) is 30.3 Å². The lowest BCUT2D eigenvalue weighted by Gasteiger charge is -2.32. The van der Waals surface area contributed by atoms with E-state index in [0.29, 0.717) is 35.9 Å². The topological polar surface area (TPSA) is 247 Å². The van der Waals surface area contributed by atoms with E-state index in [4.69, 9.17) is 28.2 Å². The Hall–Kier alpha value is -8.48. The number of nitrogens with zero attached hydrogens (tertiary/aromatic N) is 1. The largest absolute Gasteiger partial charge is 0.481 e. The second-order valence-corrected chi connectivity index (χ2v) is 17.2. The first-order valence-electron chi connectivity index (χ1n) is 24.3. The van der Waals surface area contributed by atoms with Gasteiger partial charge in [0, 0.05) is 11.6 Å². The Morgan fingerprint density at radius 1 is 0.676 bits per heavy atom. The number of hydroxylamine groups is 2. The summed E-state index contributed by atoms with van der Waals surface area (Å²) in [5, 5.41) is 11.3. The molecular weight excluding hydrogens is 955 g/mol. The van der Waals surface area contributed by atoms with Crippen LogP contribution in [0, 0.1) is 5.92 Å². The van der Waals surface area contributed by atoms with Crippen molar-refractivity contribution >= 4 is 48.1 Å². The van der Waals surface area contributed by atoms with Crippen LogP contribution in [-0.4, -0.2) is 84.6 Å². The Morgan fingerprint density at radius 3 is 1.86 bits per heavy atom. The maximum absolute atomic E-state index is 14.1. The smallest absolute Gasteiger partial charge is 0.431 e. The summed E-state index contributed by atoms with van der Waals surface area (Å²) in [6, 6.07) is 31.2. The van der Waals surface area contributed by atoms with Gasteiger partial charge in [-0.25, -0.2) is 14.4 Å². The normalized spacial score (nSPS) is 12.0. The third kappa shape index (κ3) is 18.3. The molecule has 0 spiro atoms. The molecule has 0 fully saturated rings. The average Bonchev–Trinajstić information content (AvgIpc) is 3.91. The summed E-state index contributed by atoms with van der Waals surface area (Å²) in [5.41, 5.74) is 2.26. The molecular formula is C55H63N5O14. The molecule has 4 N–H and O–H groups in total. The number of furan rings is 1. The van der Waals surface area contributed by atoms with E-state index in [-0.39, 0.29) is 61.8 Å². The van der Waals surface area contributed by atoms with Gasteiger partial charge in [0.15, 0.2) is 12.4 Å². The fourth-order valence-corrected chi connectivity index (χ4v) is 7.45. The van der Waals surface area contributed by atoms with E-state index >= 15 is 0 Å². The number of amides is 5. The maximum Gasteiger partial charge on any atom is 0.431 e. The van der Waals surface area contributed by atoms with Crippen molar-refractivity contribution in [1.82, 2.24) is 26.3 Å². The minimum Gasteiger partial charge on any atom is -0.481 e. The minimum absolute atomic E-state index is 0.0460. The summed E-state index contributed by atoms with van der Waals surface area (Å²) in [5.74, 6) is -5.47. The highest BCUT2D eigenvalue weighted by Crippen LogP contribution is 2.30. The highest BCUT2D eigenvalue weighted by atomic mass is 16.7. The number of unbranched alkanes of at least 4 members (excludes halogenated alkanes) is 2. The zero-order valence-electron chi connectivity index (χ0n) is 41.9. The van der Waals surface area contributed by atoms with Crippen molar-refractivity contribution in [1.29, 1.82) is 0 Å². The van der Waals surface area contributed by atoms with Gasteiger partial charge in [0.2, 0.25) is 12.3 Å². The van der Waals surface area contributed by atoms with Crippen molar-refractivity contribution in [2.75, 3.05) is 13.3 Å². The number of nitrogens with one attached hydrogen (secondary N) is 4. The van der Waals surface area contributed by atoms with E-state index in [1.807, 2.05) is 19.1 Å². The Labute approximate surface area is 429 Å². The van der Waals surface area contributed by atoms with E-state index < -0.39 is 72.8 Å². The van der Waals surface area contributed by atoms with Crippen molar-refractivity contribution in [2.24, 2.45) is 5.92 Å². The summed E-state index contributed by atoms with van der Waals surface area (Å²) in [6.07, 6.45) is 1.94. The molecule has 392 valence electrons. The van der Waals surface area contributed by atoms with Gasteiger partial charge in [-0.15, -0.1) is 0 Å². The summed E-state index contributed by atoms with van der Waals surface area (Å²) >= 11 is 0. The van der Waals surface area contributed by atoms with Crippen LogP contribution in [0.15, 0.2) is 126 Å². The lowest BCUT2D eigenvalue weighted by atomic mass is 9.90. The zero-order valence-corrected chi connectivity index (χ0v) is 41.9. The van der Waals surface area contributed by atoms with Crippen molar-refractivity contribution in [3.8, 4) is 17.1 Å². The summed E-state index contributed by atoms with van der Waals surface area (Å²) in [6.45, 7) is 6.00. The molecule has 5 amide bonds. The molecule has 0 aliphatic rings. The van der Waals surface area contributed by atoms with Crippen molar-refractivity contribution < 1.29 is 66.6 Å². The van der Waals surface area contributed by atoms with E-state index in [0.717, 1.165) is 23.5 Å². The third-order valence-electron chi connectivity index (χ3n) is 11.2. The highest BCUT2D eigenvalue weighted by molar-refractivity contribution is 6.00. The van der Waals surface area contributed by atoms with Crippen LogP contribution in [0.4, 0.5) is 4.79 Å². The summed E-state index contributed by atoms with van der Waals surface area (Å²) < 4.78 is 28.1. The van der Waals surface area contributed by atoms with E-state index in [1.54, 1.807) is 99.6 Å².